The molecule has 118 valence electrons. The molecule has 0 saturated carbocycles. The number of ether oxygens (including phenoxy) is 2. The van der Waals surface area contributed by atoms with Crippen LogP contribution in [0.1, 0.15) is 37.0 Å². The molecule has 1 aromatic heterocycles. The zero-order valence-corrected chi connectivity index (χ0v) is 13.1. The lowest BCUT2D eigenvalue weighted by molar-refractivity contribution is 0.0306. The maximum atomic E-state index is 12.1. The van der Waals surface area contributed by atoms with Crippen molar-refractivity contribution in [3.05, 3.63) is 29.9 Å². The molecule has 0 saturated heterocycles. The summed E-state index contributed by atoms with van der Waals surface area (Å²) in [5.41, 5.74) is 0.769. The van der Waals surface area contributed by atoms with E-state index in [0.717, 1.165) is 5.57 Å². The van der Waals surface area contributed by atoms with E-state index in [0.29, 0.717) is 18.8 Å². The van der Waals surface area contributed by atoms with Crippen LogP contribution in [-0.4, -0.2) is 52.7 Å². The van der Waals surface area contributed by atoms with E-state index in [9.17, 15) is 9.59 Å². The minimum Gasteiger partial charge on any atom is -0.464 e. The standard InChI is InChI=1S/C15H19N3O4/c1-15(2,3)22-14(20)18-8-5-10(9-18)11-12(13(19)21-4)17-7-6-16-11/h5-7H,8-9H2,1-4H3. The molecule has 0 fully saturated rings. The Morgan fingerprint density at radius 2 is 1.91 bits per heavy atom. The minimum absolute atomic E-state index is 0.141. The molecule has 0 radical (unpaired) electrons. The highest BCUT2D eigenvalue weighted by Crippen LogP contribution is 2.23. The summed E-state index contributed by atoms with van der Waals surface area (Å²) in [6.07, 6.45) is 4.36. The quantitative estimate of drug-likeness (QED) is 0.776. The Balaban J connectivity index is 2.14. The largest absolute Gasteiger partial charge is 0.464 e. The lowest BCUT2D eigenvalue weighted by atomic mass is 10.1. The number of hydrogen-bond acceptors (Lipinski definition) is 6. The van der Waals surface area contributed by atoms with Crippen molar-refractivity contribution in [3.8, 4) is 0 Å². The molecule has 0 bridgehead atoms. The number of carbonyl (C=O) groups excluding carboxylic acids is 2. The van der Waals surface area contributed by atoms with Crippen molar-refractivity contribution in [1.82, 2.24) is 14.9 Å². The summed E-state index contributed by atoms with van der Waals surface area (Å²) >= 11 is 0. The van der Waals surface area contributed by atoms with Crippen molar-refractivity contribution in [1.29, 1.82) is 0 Å². The van der Waals surface area contributed by atoms with Gasteiger partial charge in [0.05, 0.1) is 13.7 Å². The second kappa shape index (κ2) is 6.13. The first kappa shape index (κ1) is 15.9. The van der Waals surface area contributed by atoms with Gasteiger partial charge in [0.2, 0.25) is 0 Å². The predicted molar refractivity (Wildman–Crippen MR) is 79.2 cm³/mol. The van der Waals surface area contributed by atoms with Gasteiger partial charge in [-0.3, -0.25) is 4.98 Å². The number of hydrogen-bond donors (Lipinski definition) is 0. The maximum Gasteiger partial charge on any atom is 0.410 e. The Kier molecular flexibility index (Phi) is 4.44. The van der Waals surface area contributed by atoms with E-state index in [1.54, 1.807) is 0 Å². The SMILES string of the molecule is COC(=O)c1nccnc1C1=CCN(C(=O)OC(C)(C)C)C1. The Morgan fingerprint density at radius 1 is 1.23 bits per heavy atom. The molecule has 0 N–H and O–H groups in total. The Bertz CT molecular complexity index is 619. The number of carbonyl (C=O) groups is 2. The van der Waals surface area contributed by atoms with Gasteiger partial charge in [0.25, 0.3) is 0 Å². The van der Waals surface area contributed by atoms with E-state index in [-0.39, 0.29) is 5.69 Å². The number of esters is 1. The highest BCUT2D eigenvalue weighted by Gasteiger charge is 2.28. The van der Waals surface area contributed by atoms with Crippen LogP contribution in [0.25, 0.3) is 5.57 Å². The second-order valence-corrected chi connectivity index (χ2v) is 5.84. The third-order valence-electron chi connectivity index (χ3n) is 2.95. The zero-order valence-electron chi connectivity index (χ0n) is 13.1. The average Bonchev–Trinajstić information content (AvgIpc) is 2.94. The van der Waals surface area contributed by atoms with Crippen LogP contribution in [0.15, 0.2) is 18.5 Å². The third-order valence-corrected chi connectivity index (χ3v) is 2.95. The topological polar surface area (TPSA) is 81.6 Å². The van der Waals surface area contributed by atoms with Gasteiger partial charge in [0.15, 0.2) is 5.69 Å². The first-order valence-corrected chi connectivity index (χ1v) is 6.88. The van der Waals surface area contributed by atoms with Crippen molar-refractivity contribution in [2.24, 2.45) is 0 Å². The van der Waals surface area contributed by atoms with Gasteiger partial charge in [-0.15, -0.1) is 0 Å². The Morgan fingerprint density at radius 3 is 2.55 bits per heavy atom. The van der Waals surface area contributed by atoms with Crippen LogP contribution in [0.2, 0.25) is 0 Å². The van der Waals surface area contributed by atoms with Crippen LogP contribution in [0, 0.1) is 0 Å². The molecule has 0 spiro atoms. The monoisotopic (exact) mass is 305 g/mol. The molecule has 7 heteroatoms. The van der Waals surface area contributed by atoms with Crippen molar-refractivity contribution < 1.29 is 19.1 Å². The fourth-order valence-electron chi connectivity index (χ4n) is 2.01. The number of rotatable bonds is 2. The van der Waals surface area contributed by atoms with Crippen molar-refractivity contribution >= 4 is 17.6 Å². The number of aromatic nitrogens is 2. The molecule has 22 heavy (non-hydrogen) atoms. The summed E-state index contributed by atoms with van der Waals surface area (Å²) < 4.78 is 10.0. The highest BCUT2D eigenvalue weighted by atomic mass is 16.6. The van der Waals surface area contributed by atoms with E-state index in [2.05, 4.69) is 9.97 Å². The van der Waals surface area contributed by atoms with Gasteiger partial charge in [-0.1, -0.05) is 6.08 Å². The fraction of sp³-hybridized carbons (Fsp3) is 0.467. The van der Waals surface area contributed by atoms with Gasteiger partial charge in [-0.05, 0) is 26.3 Å². The first-order chi connectivity index (χ1) is 10.3. The fourth-order valence-corrected chi connectivity index (χ4v) is 2.01. The second-order valence-electron chi connectivity index (χ2n) is 5.84. The Labute approximate surface area is 128 Å². The summed E-state index contributed by atoms with van der Waals surface area (Å²) in [5.74, 6) is -0.556. The van der Waals surface area contributed by atoms with Crippen LogP contribution in [-0.2, 0) is 9.47 Å². The van der Waals surface area contributed by atoms with Gasteiger partial charge in [-0.25, -0.2) is 14.6 Å². The minimum atomic E-state index is -0.556. The summed E-state index contributed by atoms with van der Waals surface area (Å²) in [5, 5.41) is 0. The van der Waals surface area contributed by atoms with Crippen LogP contribution >= 0.6 is 0 Å². The molecule has 0 unspecified atom stereocenters. The lowest BCUT2D eigenvalue weighted by Gasteiger charge is -2.24. The summed E-state index contributed by atoms with van der Waals surface area (Å²) in [6.45, 7) is 6.16. The molecule has 1 aliphatic rings. The molecule has 2 heterocycles. The van der Waals surface area contributed by atoms with Crippen LogP contribution < -0.4 is 0 Å². The van der Waals surface area contributed by atoms with Gasteiger partial charge >= 0.3 is 12.1 Å². The van der Waals surface area contributed by atoms with E-state index >= 15 is 0 Å². The molecule has 2 rings (SSSR count). The lowest BCUT2D eigenvalue weighted by Crippen LogP contribution is -2.35. The van der Waals surface area contributed by atoms with Gasteiger partial charge in [0, 0.05) is 18.9 Å². The molecule has 0 atom stereocenters. The summed E-state index contributed by atoms with van der Waals surface area (Å²) in [7, 11) is 1.29. The van der Waals surface area contributed by atoms with Crippen molar-refractivity contribution in [2.45, 2.75) is 26.4 Å². The first-order valence-electron chi connectivity index (χ1n) is 6.88. The van der Waals surface area contributed by atoms with E-state index < -0.39 is 17.7 Å². The Hall–Kier alpha value is -2.44. The number of amides is 1. The third kappa shape index (κ3) is 3.60. The van der Waals surface area contributed by atoms with Gasteiger partial charge in [0.1, 0.15) is 11.3 Å². The van der Waals surface area contributed by atoms with Gasteiger partial charge in [-0.2, -0.15) is 0 Å². The predicted octanol–water partition coefficient (Wildman–Crippen LogP) is 1.90. The highest BCUT2D eigenvalue weighted by molar-refractivity contribution is 5.93. The molecule has 1 aliphatic heterocycles. The molecule has 1 aromatic rings. The smallest absolute Gasteiger partial charge is 0.410 e. The van der Waals surface area contributed by atoms with Crippen LogP contribution in [0.5, 0.6) is 0 Å². The summed E-state index contributed by atoms with van der Waals surface area (Å²) in [6, 6.07) is 0. The zero-order chi connectivity index (χ0) is 16.3. The average molecular weight is 305 g/mol. The van der Waals surface area contributed by atoms with Crippen molar-refractivity contribution in [3.63, 3.8) is 0 Å². The molecule has 0 aromatic carbocycles. The molecule has 7 nitrogen and oxygen atoms in total. The van der Waals surface area contributed by atoms with E-state index in [1.165, 1.54) is 24.4 Å². The number of methoxy groups -OCH3 is 1. The van der Waals surface area contributed by atoms with Crippen LogP contribution in [0.4, 0.5) is 4.79 Å². The molecule has 1 amide bonds. The molecular weight excluding hydrogens is 286 g/mol. The van der Waals surface area contributed by atoms with Gasteiger partial charge < -0.3 is 14.4 Å². The molecular formula is C15H19N3O4. The molecule has 0 aliphatic carbocycles. The van der Waals surface area contributed by atoms with E-state index in [1.807, 2.05) is 26.8 Å². The normalized spacial score (nSPS) is 14.5. The maximum absolute atomic E-state index is 12.1. The van der Waals surface area contributed by atoms with Crippen molar-refractivity contribution in [2.75, 3.05) is 20.2 Å². The van der Waals surface area contributed by atoms with E-state index in [4.69, 9.17) is 9.47 Å². The van der Waals surface area contributed by atoms with Crippen LogP contribution in [0.3, 0.4) is 0 Å². The summed E-state index contributed by atoms with van der Waals surface area (Å²) in [4.78, 5) is 33.5. The number of nitrogens with zero attached hydrogens (tertiary/aromatic N) is 3.